The fourth-order valence-corrected chi connectivity index (χ4v) is 2.48. The summed E-state index contributed by atoms with van der Waals surface area (Å²) in [6.45, 7) is 2.84. The van der Waals surface area contributed by atoms with E-state index >= 15 is 0 Å². The molecule has 0 bridgehead atoms. The summed E-state index contributed by atoms with van der Waals surface area (Å²) in [5, 5.41) is 9.76. The van der Waals surface area contributed by atoms with Crippen LogP contribution in [0.4, 0.5) is 0 Å². The highest BCUT2D eigenvalue weighted by Crippen LogP contribution is 2.06. The lowest BCUT2D eigenvalue weighted by molar-refractivity contribution is -0.140. The van der Waals surface area contributed by atoms with Gasteiger partial charge < -0.3 is 14.7 Å². The predicted molar refractivity (Wildman–Crippen MR) is 106 cm³/mol. The SMILES string of the molecule is CCCCC[C@@H](O)/C=C/C=C\CCN(C)C(=O)CCCCCC(=O)OC. The van der Waals surface area contributed by atoms with Crippen LogP contribution in [0.25, 0.3) is 0 Å². The second kappa shape index (κ2) is 16.8. The van der Waals surface area contributed by atoms with Crippen molar-refractivity contribution in [1.29, 1.82) is 0 Å². The average Bonchev–Trinajstić information content (AvgIpc) is 2.63. The first-order valence-corrected chi connectivity index (χ1v) is 9.83. The minimum Gasteiger partial charge on any atom is -0.469 e. The van der Waals surface area contributed by atoms with Crippen LogP contribution in [0.1, 0.15) is 71.1 Å². The molecule has 0 heterocycles. The van der Waals surface area contributed by atoms with Crippen molar-refractivity contribution in [2.24, 2.45) is 0 Å². The summed E-state index contributed by atoms with van der Waals surface area (Å²) in [6, 6.07) is 0. The van der Waals surface area contributed by atoms with Gasteiger partial charge in [0.15, 0.2) is 0 Å². The number of carbonyl (C=O) groups excluding carboxylic acids is 2. The van der Waals surface area contributed by atoms with Gasteiger partial charge in [-0.05, 0) is 25.7 Å². The Morgan fingerprint density at radius 3 is 2.50 bits per heavy atom. The minimum absolute atomic E-state index is 0.137. The molecule has 0 aromatic rings. The second-order valence-electron chi connectivity index (χ2n) is 6.62. The van der Waals surface area contributed by atoms with E-state index in [9.17, 15) is 14.7 Å². The summed E-state index contributed by atoms with van der Waals surface area (Å²) in [7, 11) is 3.21. The van der Waals surface area contributed by atoms with Gasteiger partial charge in [-0.1, -0.05) is 56.9 Å². The van der Waals surface area contributed by atoms with Gasteiger partial charge in [-0.15, -0.1) is 0 Å². The Kier molecular flexibility index (Phi) is 15.8. The van der Waals surface area contributed by atoms with Crippen molar-refractivity contribution in [3.8, 4) is 0 Å². The lowest BCUT2D eigenvalue weighted by Gasteiger charge is -2.15. The molecule has 0 aliphatic rings. The zero-order valence-electron chi connectivity index (χ0n) is 16.8. The third-order valence-corrected chi connectivity index (χ3v) is 4.24. The number of ether oxygens (including phenoxy) is 1. The van der Waals surface area contributed by atoms with Crippen molar-refractivity contribution in [1.82, 2.24) is 4.90 Å². The molecular formula is C21H37NO4. The first kappa shape index (κ1) is 24.4. The Morgan fingerprint density at radius 1 is 1.08 bits per heavy atom. The highest BCUT2D eigenvalue weighted by atomic mass is 16.5. The monoisotopic (exact) mass is 367 g/mol. The first-order chi connectivity index (χ1) is 12.5. The van der Waals surface area contributed by atoms with Crippen LogP contribution in [0.3, 0.4) is 0 Å². The molecule has 5 heteroatoms. The van der Waals surface area contributed by atoms with E-state index in [2.05, 4.69) is 11.7 Å². The quantitative estimate of drug-likeness (QED) is 0.270. The molecule has 0 spiro atoms. The molecule has 0 saturated heterocycles. The van der Waals surface area contributed by atoms with Crippen LogP contribution in [0.5, 0.6) is 0 Å². The van der Waals surface area contributed by atoms with Gasteiger partial charge >= 0.3 is 5.97 Å². The Hall–Kier alpha value is -1.62. The molecule has 0 fully saturated rings. The summed E-state index contributed by atoms with van der Waals surface area (Å²) in [4.78, 5) is 24.7. The third-order valence-electron chi connectivity index (χ3n) is 4.24. The molecule has 0 radical (unpaired) electrons. The molecular weight excluding hydrogens is 330 g/mol. The van der Waals surface area contributed by atoms with Gasteiger partial charge in [0.1, 0.15) is 0 Å². The van der Waals surface area contributed by atoms with E-state index in [0.717, 1.165) is 51.4 Å². The number of allylic oxidation sites excluding steroid dienone is 2. The zero-order chi connectivity index (χ0) is 19.6. The summed E-state index contributed by atoms with van der Waals surface area (Å²) < 4.78 is 4.58. The van der Waals surface area contributed by atoms with E-state index < -0.39 is 0 Å². The van der Waals surface area contributed by atoms with E-state index in [0.29, 0.717) is 19.4 Å². The summed E-state index contributed by atoms with van der Waals surface area (Å²) in [6.07, 6.45) is 15.6. The summed E-state index contributed by atoms with van der Waals surface area (Å²) in [5.74, 6) is -0.0545. The number of rotatable bonds is 15. The molecule has 0 aliphatic carbocycles. The van der Waals surface area contributed by atoms with E-state index in [1.54, 1.807) is 4.90 Å². The minimum atomic E-state index is -0.366. The van der Waals surface area contributed by atoms with Gasteiger partial charge in [-0.3, -0.25) is 9.59 Å². The van der Waals surface area contributed by atoms with Crippen molar-refractivity contribution in [3.63, 3.8) is 0 Å². The fraction of sp³-hybridized carbons (Fsp3) is 0.714. The van der Waals surface area contributed by atoms with Crippen molar-refractivity contribution in [2.75, 3.05) is 20.7 Å². The van der Waals surface area contributed by atoms with Crippen molar-refractivity contribution < 1.29 is 19.4 Å². The number of carbonyl (C=O) groups is 2. The highest BCUT2D eigenvalue weighted by Gasteiger charge is 2.07. The molecule has 0 unspecified atom stereocenters. The highest BCUT2D eigenvalue weighted by molar-refractivity contribution is 5.75. The second-order valence-corrected chi connectivity index (χ2v) is 6.62. The molecule has 150 valence electrons. The Balaban J connectivity index is 3.74. The summed E-state index contributed by atoms with van der Waals surface area (Å²) in [5.41, 5.74) is 0. The molecule has 1 amide bonds. The topological polar surface area (TPSA) is 66.8 Å². The molecule has 0 aromatic heterocycles. The summed E-state index contributed by atoms with van der Waals surface area (Å²) >= 11 is 0. The van der Waals surface area contributed by atoms with Crippen molar-refractivity contribution in [2.45, 2.75) is 77.2 Å². The Morgan fingerprint density at radius 2 is 1.81 bits per heavy atom. The number of hydrogen-bond donors (Lipinski definition) is 1. The lowest BCUT2D eigenvalue weighted by atomic mass is 10.1. The van der Waals surface area contributed by atoms with Crippen LogP contribution in [-0.2, 0) is 14.3 Å². The molecule has 0 aromatic carbocycles. The largest absolute Gasteiger partial charge is 0.469 e. The zero-order valence-corrected chi connectivity index (χ0v) is 16.8. The number of unbranched alkanes of at least 4 members (excludes halogenated alkanes) is 4. The van der Waals surface area contributed by atoms with Crippen molar-refractivity contribution >= 4 is 11.9 Å². The standard InChI is InChI=1S/C21H37NO4/c1-4-5-9-14-19(23)15-10-6-7-13-18-22(2)20(24)16-11-8-12-17-21(25)26-3/h6-7,10,15,19,23H,4-5,8-9,11-14,16-18H2,1-3H3/b7-6-,15-10+/t19-/m1/s1. The number of methoxy groups -OCH3 is 1. The van der Waals surface area contributed by atoms with E-state index in [1.165, 1.54) is 7.11 Å². The van der Waals surface area contributed by atoms with Crippen LogP contribution < -0.4 is 0 Å². The number of aliphatic hydroxyl groups is 1. The predicted octanol–water partition coefficient (Wildman–Crippen LogP) is 4.01. The fourth-order valence-electron chi connectivity index (χ4n) is 2.48. The third kappa shape index (κ3) is 14.7. The Labute approximate surface area is 159 Å². The van der Waals surface area contributed by atoms with Crippen LogP contribution in [0, 0.1) is 0 Å². The van der Waals surface area contributed by atoms with E-state index in [1.807, 2.05) is 31.4 Å². The normalized spacial score (nSPS) is 12.6. The lowest BCUT2D eigenvalue weighted by Crippen LogP contribution is -2.27. The first-order valence-electron chi connectivity index (χ1n) is 9.83. The van der Waals surface area contributed by atoms with Gasteiger partial charge in [-0.2, -0.15) is 0 Å². The molecule has 5 nitrogen and oxygen atoms in total. The number of esters is 1. The molecule has 26 heavy (non-hydrogen) atoms. The van der Waals surface area contributed by atoms with Crippen molar-refractivity contribution in [3.05, 3.63) is 24.3 Å². The van der Waals surface area contributed by atoms with Gasteiger partial charge in [0.25, 0.3) is 0 Å². The molecule has 0 aliphatic heterocycles. The number of nitrogens with zero attached hydrogens (tertiary/aromatic N) is 1. The molecule has 0 saturated carbocycles. The van der Waals surface area contributed by atoms with Gasteiger partial charge in [0.2, 0.25) is 5.91 Å². The molecule has 1 atom stereocenters. The van der Waals surface area contributed by atoms with Gasteiger partial charge in [0, 0.05) is 26.4 Å². The van der Waals surface area contributed by atoms with Crippen LogP contribution in [0.15, 0.2) is 24.3 Å². The van der Waals surface area contributed by atoms with Crippen LogP contribution in [-0.4, -0.2) is 48.7 Å². The van der Waals surface area contributed by atoms with Gasteiger partial charge in [0.05, 0.1) is 13.2 Å². The molecule has 1 N–H and O–H groups in total. The van der Waals surface area contributed by atoms with Gasteiger partial charge in [-0.25, -0.2) is 0 Å². The van der Waals surface area contributed by atoms with E-state index in [-0.39, 0.29) is 18.0 Å². The molecule has 0 rings (SSSR count). The average molecular weight is 368 g/mol. The number of aliphatic hydroxyl groups excluding tert-OH is 1. The maximum atomic E-state index is 12.0. The number of hydrogen-bond acceptors (Lipinski definition) is 4. The van der Waals surface area contributed by atoms with E-state index in [4.69, 9.17) is 0 Å². The Bertz CT molecular complexity index is 432. The van der Waals surface area contributed by atoms with Crippen LogP contribution >= 0.6 is 0 Å². The number of amides is 1. The van der Waals surface area contributed by atoms with Crippen LogP contribution in [0.2, 0.25) is 0 Å². The smallest absolute Gasteiger partial charge is 0.305 e. The maximum Gasteiger partial charge on any atom is 0.305 e. The maximum absolute atomic E-state index is 12.0.